The third kappa shape index (κ3) is 3.37. The summed E-state index contributed by atoms with van der Waals surface area (Å²) in [5.74, 6) is 0.376. The highest BCUT2D eigenvalue weighted by molar-refractivity contribution is 5.98. The number of aryl methyl sites for hydroxylation is 1. The second kappa shape index (κ2) is 7.36. The summed E-state index contributed by atoms with van der Waals surface area (Å²) in [5, 5.41) is 4.66. The van der Waals surface area contributed by atoms with Gasteiger partial charge in [-0.2, -0.15) is 0 Å². The van der Waals surface area contributed by atoms with Gasteiger partial charge in [-0.15, -0.1) is 0 Å². The van der Waals surface area contributed by atoms with Crippen LogP contribution in [0.3, 0.4) is 0 Å². The van der Waals surface area contributed by atoms with Gasteiger partial charge in [0.25, 0.3) is 5.91 Å². The van der Waals surface area contributed by atoms with Crippen LogP contribution in [-0.2, 0) is 6.54 Å². The largest absolute Gasteiger partial charge is 0.456 e. The van der Waals surface area contributed by atoms with Crippen molar-refractivity contribution in [1.29, 1.82) is 0 Å². The quantitative estimate of drug-likeness (QED) is 0.493. The number of rotatable bonds is 4. The van der Waals surface area contributed by atoms with Gasteiger partial charge < -0.3 is 9.73 Å². The number of para-hydroxylation sites is 1. The van der Waals surface area contributed by atoms with E-state index in [-0.39, 0.29) is 12.5 Å². The number of aromatic nitrogens is 4. The number of fused-ring (bicyclic) bond motifs is 2. The molecule has 0 atom stereocenters. The van der Waals surface area contributed by atoms with Crippen molar-refractivity contribution in [3.05, 3.63) is 84.3 Å². The van der Waals surface area contributed by atoms with E-state index in [1.54, 1.807) is 30.9 Å². The van der Waals surface area contributed by atoms with Gasteiger partial charge in [0.2, 0.25) is 0 Å². The number of nitrogens with one attached hydrogen (secondary N) is 1. The zero-order chi connectivity index (χ0) is 20.5. The third-order valence-electron chi connectivity index (χ3n) is 4.79. The Labute approximate surface area is 171 Å². The summed E-state index contributed by atoms with van der Waals surface area (Å²) < 4.78 is 5.98. The fourth-order valence-corrected chi connectivity index (χ4v) is 3.24. The molecule has 0 unspecified atom stereocenters. The van der Waals surface area contributed by atoms with Gasteiger partial charge in [-0.05, 0) is 31.2 Å². The van der Waals surface area contributed by atoms with Gasteiger partial charge in [0.05, 0.1) is 35.2 Å². The van der Waals surface area contributed by atoms with Crippen LogP contribution >= 0.6 is 0 Å². The van der Waals surface area contributed by atoms with Crippen LogP contribution in [0, 0.1) is 6.92 Å². The van der Waals surface area contributed by atoms with Crippen molar-refractivity contribution in [3.63, 3.8) is 0 Å². The SMILES string of the molecule is Cc1cnc(CNC(=O)c2ccc3cncc(-c4cc5ccccc5o4)c3n2)cn1. The van der Waals surface area contributed by atoms with Gasteiger partial charge in [-0.3, -0.25) is 19.7 Å². The lowest BCUT2D eigenvalue weighted by Crippen LogP contribution is -2.24. The molecular formula is C23H17N5O2. The van der Waals surface area contributed by atoms with E-state index in [0.29, 0.717) is 22.7 Å². The topological polar surface area (TPSA) is 93.8 Å². The van der Waals surface area contributed by atoms with Crippen molar-refractivity contribution in [3.8, 4) is 11.3 Å². The van der Waals surface area contributed by atoms with E-state index in [2.05, 4.69) is 25.3 Å². The van der Waals surface area contributed by atoms with E-state index in [1.807, 2.05) is 43.3 Å². The number of hydrogen-bond donors (Lipinski definition) is 1. The molecule has 0 aliphatic heterocycles. The smallest absolute Gasteiger partial charge is 0.270 e. The Bertz CT molecular complexity index is 1340. The van der Waals surface area contributed by atoms with Crippen molar-refractivity contribution in [2.24, 2.45) is 0 Å². The van der Waals surface area contributed by atoms with E-state index in [0.717, 1.165) is 27.6 Å². The second-order valence-corrected chi connectivity index (χ2v) is 6.94. The maximum absolute atomic E-state index is 12.7. The zero-order valence-corrected chi connectivity index (χ0v) is 16.2. The summed E-state index contributed by atoms with van der Waals surface area (Å²) in [6, 6.07) is 13.3. The van der Waals surface area contributed by atoms with Crippen molar-refractivity contribution in [2.75, 3.05) is 0 Å². The molecule has 30 heavy (non-hydrogen) atoms. The molecule has 4 aromatic heterocycles. The number of hydrogen-bond acceptors (Lipinski definition) is 6. The first-order valence-corrected chi connectivity index (χ1v) is 9.47. The maximum Gasteiger partial charge on any atom is 0.270 e. The molecule has 1 aromatic carbocycles. The van der Waals surface area contributed by atoms with Crippen molar-refractivity contribution in [2.45, 2.75) is 13.5 Å². The molecule has 0 aliphatic rings. The minimum Gasteiger partial charge on any atom is -0.456 e. The molecule has 7 nitrogen and oxygen atoms in total. The van der Waals surface area contributed by atoms with Gasteiger partial charge in [0, 0.05) is 29.4 Å². The summed E-state index contributed by atoms with van der Waals surface area (Å²) in [5.41, 5.74) is 4.01. The van der Waals surface area contributed by atoms with Crippen molar-refractivity contribution in [1.82, 2.24) is 25.3 Å². The fourth-order valence-electron chi connectivity index (χ4n) is 3.24. The molecule has 1 N–H and O–H groups in total. The second-order valence-electron chi connectivity index (χ2n) is 6.94. The molecule has 0 spiro atoms. The van der Waals surface area contributed by atoms with E-state index in [4.69, 9.17) is 4.42 Å². The predicted molar refractivity (Wildman–Crippen MR) is 113 cm³/mol. The van der Waals surface area contributed by atoms with E-state index in [9.17, 15) is 4.79 Å². The first-order valence-electron chi connectivity index (χ1n) is 9.47. The lowest BCUT2D eigenvalue weighted by Gasteiger charge is -2.07. The highest BCUT2D eigenvalue weighted by Gasteiger charge is 2.14. The lowest BCUT2D eigenvalue weighted by atomic mass is 10.1. The minimum atomic E-state index is -0.286. The summed E-state index contributed by atoms with van der Waals surface area (Å²) in [4.78, 5) is 30.0. The first-order chi connectivity index (χ1) is 14.7. The number of nitrogens with zero attached hydrogens (tertiary/aromatic N) is 4. The van der Waals surface area contributed by atoms with Gasteiger partial charge in [0.15, 0.2) is 0 Å². The molecule has 0 saturated carbocycles. The number of benzene rings is 1. The van der Waals surface area contributed by atoms with Crippen molar-refractivity contribution < 1.29 is 9.21 Å². The Morgan fingerprint density at radius 3 is 2.73 bits per heavy atom. The molecule has 0 radical (unpaired) electrons. The molecule has 0 fully saturated rings. The van der Waals surface area contributed by atoms with Crippen LogP contribution in [0.1, 0.15) is 21.9 Å². The monoisotopic (exact) mass is 395 g/mol. The maximum atomic E-state index is 12.7. The van der Waals surface area contributed by atoms with Crippen LogP contribution in [0.25, 0.3) is 33.2 Å². The zero-order valence-electron chi connectivity index (χ0n) is 16.2. The summed E-state index contributed by atoms with van der Waals surface area (Å²) in [7, 11) is 0. The lowest BCUT2D eigenvalue weighted by molar-refractivity contribution is 0.0946. The Morgan fingerprint density at radius 1 is 1.00 bits per heavy atom. The number of pyridine rings is 2. The molecule has 1 amide bonds. The Kier molecular flexibility index (Phi) is 4.40. The van der Waals surface area contributed by atoms with Gasteiger partial charge in [0.1, 0.15) is 17.0 Å². The number of carbonyl (C=O) groups is 1. The molecule has 146 valence electrons. The highest BCUT2D eigenvalue weighted by atomic mass is 16.3. The average Bonchev–Trinajstić information content (AvgIpc) is 3.22. The molecular weight excluding hydrogens is 378 g/mol. The first kappa shape index (κ1) is 17.9. The number of amides is 1. The molecule has 5 aromatic rings. The van der Waals surface area contributed by atoms with Crippen LogP contribution in [0.5, 0.6) is 0 Å². The Morgan fingerprint density at radius 2 is 1.90 bits per heavy atom. The van der Waals surface area contributed by atoms with Crippen LogP contribution < -0.4 is 5.32 Å². The van der Waals surface area contributed by atoms with Gasteiger partial charge in [-0.25, -0.2) is 4.98 Å². The predicted octanol–water partition coefficient (Wildman–Crippen LogP) is 4.07. The summed E-state index contributed by atoms with van der Waals surface area (Å²) in [6.07, 6.45) is 6.74. The molecule has 0 saturated heterocycles. The van der Waals surface area contributed by atoms with Crippen LogP contribution in [-0.4, -0.2) is 25.8 Å². The van der Waals surface area contributed by atoms with Crippen LogP contribution in [0.2, 0.25) is 0 Å². The van der Waals surface area contributed by atoms with Crippen molar-refractivity contribution >= 4 is 27.8 Å². The van der Waals surface area contributed by atoms with Crippen LogP contribution in [0.15, 0.2) is 71.7 Å². The Hall–Kier alpha value is -4.13. The van der Waals surface area contributed by atoms with Crippen LogP contribution in [0.4, 0.5) is 0 Å². The number of carbonyl (C=O) groups excluding carboxylic acids is 1. The van der Waals surface area contributed by atoms with Gasteiger partial charge in [-0.1, -0.05) is 18.2 Å². The molecule has 0 bridgehead atoms. The average molecular weight is 395 g/mol. The summed E-state index contributed by atoms with van der Waals surface area (Å²) >= 11 is 0. The normalized spacial score (nSPS) is 11.1. The van der Waals surface area contributed by atoms with E-state index < -0.39 is 0 Å². The molecule has 4 heterocycles. The fraction of sp³-hybridized carbons (Fsp3) is 0.0870. The third-order valence-corrected chi connectivity index (χ3v) is 4.79. The standard InChI is InChI=1S/C23H17N5O2/c1-14-9-26-17(11-25-14)12-27-23(29)19-7-6-16-10-24-13-18(22(16)28-19)21-8-15-4-2-3-5-20(15)30-21/h2-11,13H,12H2,1H3,(H,27,29). The van der Waals surface area contributed by atoms with E-state index >= 15 is 0 Å². The molecule has 7 heteroatoms. The highest BCUT2D eigenvalue weighted by Crippen LogP contribution is 2.31. The van der Waals surface area contributed by atoms with E-state index in [1.165, 1.54) is 0 Å². The molecule has 5 rings (SSSR count). The summed E-state index contributed by atoms with van der Waals surface area (Å²) in [6.45, 7) is 2.14. The molecule has 0 aliphatic carbocycles. The Balaban J connectivity index is 1.47. The van der Waals surface area contributed by atoms with Gasteiger partial charge >= 0.3 is 0 Å². The number of furan rings is 1. The minimum absolute atomic E-state index is 0.276.